The Labute approximate surface area is 188 Å². The van der Waals surface area contributed by atoms with E-state index in [0.717, 1.165) is 34.0 Å². The van der Waals surface area contributed by atoms with E-state index >= 15 is 0 Å². The quantitative estimate of drug-likeness (QED) is 0.554. The van der Waals surface area contributed by atoms with Gasteiger partial charge in [0.15, 0.2) is 0 Å². The molecule has 1 atom stereocenters. The van der Waals surface area contributed by atoms with Crippen LogP contribution in [0.25, 0.3) is 0 Å². The number of para-hydroxylation sites is 3. The zero-order valence-corrected chi connectivity index (χ0v) is 18.6. The molecule has 0 aliphatic carbocycles. The van der Waals surface area contributed by atoms with Crippen molar-refractivity contribution >= 4 is 17.3 Å². The lowest BCUT2D eigenvalue weighted by Crippen LogP contribution is -2.36. The Morgan fingerprint density at radius 3 is 2.28 bits per heavy atom. The smallest absolute Gasteiger partial charge is 0.262 e. The fourth-order valence-electron chi connectivity index (χ4n) is 4.02. The summed E-state index contributed by atoms with van der Waals surface area (Å²) < 4.78 is 11.1. The molecule has 0 N–H and O–H groups in total. The molecule has 1 aliphatic heterocycles. The Balaban J connectivity index is 1.68. The number of anilines is 1. The van der Waals surface area contributed by atoms with Gasteiger partial charge in [-0.2, -0.15) is 5.10 Å². The topological polar surface area (TPSA) is 54.4 Å². The third kappa shape index (κ3) is 4.30. The van der Waals surface area contributed by atoms with Crippen LogP contribution in [-0.4, -0.2) is 44.4 Å². The minimum absolute atomic E-state index is 0.0860. The van der Waals surface area contributed by atoms with Crippen LogP contribution in [0.5, 0.6) is 11.5 Å². The van der Waals surface area contributed by atoms with E-state index in [1.807, 2.05) is 90.8 Å². The minimum Gasteiger partial charge on any atom is -0.496 e. The number of nitrogens with zero attached hydrogens (tertiary/aromatic N) is 3. The zero-order chi connectivity index (χ0) is 22.5. The highest BCUT2D eigenvalue weighted by molar-refractivity contribution is 6.05. The van der Waals surface area contributed by atoms with Crippen LogP contribution in [0.4, 0.5) is 5.69 Å². The molecule has 0 unspecified atom stereocenters. The van der Waals surface area contributed by atoms with Gasteiger partial charge in [-0.3, -0.25) is 4.79 Å². The summed E-state index contributed by atoms with van der Waals surface area (Å²) in [6.07, 6.45) is 0.571. The summed E-state index contributed by atoms with van der Waals surface area (Å²) in [6.45, 7) is 0.207. The molecular formula is C26H27N3O3. The van der Waals surface area contributed by atoms with E-state index in [9.17, 15) is 4.79 Å². The van der Waals surface area contributed by atoms with Crippen molar-refractivity contribution in [3.63, 3.8) is 0 Å². The van der Waals surface area contributed by atoms with Gasteiger partial charge in [0.25, 0.3) is 5.91 Å². The van der Waals surface area contributed by atoms with Crippen LogP contribution < -0.4 is 14.4 Å². The molecule has 0 saturated carbocycles. The predicted molar refractivity (Wildman–Crippen MR) is 126 cm³/mol. The molecule has 3 aromatic carbocycles. The lowest BCUT2D eigenvalue weighted by molar-refractivity contribution is -0.131. The number of hydrogen-bond donors (Lipinski definition) is 0. The predicted octanol–water partition coefficient (Wildman–Crippen LogP) is 4.52. The maximum Gasteiger partial charge on any atom is 0.262 e. The molecule has 0 fully saturated rings. The van der Waals surface area contributed by atoms with Crippen LogP contribution >= 0.6 is 0 Å². The molecule has 0 spiro atoms. The third-order valence-corrected chi connectivity index (χ3v) is 5.65. The summed E-state index contributed by atoms with van der Waals surface area (Å²) in [6, 6.07) is 25.1. The van der Waals surface area contributed by atoms with Gasteiger partial charge < -0.3 is 14.4 Å². The molecule has 1 heterocycles. The van der Waals surface area contributed by atoms with Gasteiger partial charge in [-0.15, -0.1) is 0 Å². The van der Waals surface area contributed by atoms with Crippen molar-refractivity contribution in [2.75, 3.05) is 32.7 Å². The summed E-state index contributed by atoms with van der Waals surface area (Å²) in [7, 11) is 5.20. The van der Waals surface area contributed by atoms with Crippen LogP contribution in [0, 0.1) is 0 Å². The molecule has 3 aromatic rings. The zero-order valence-electron chi connectivity index (χ0n) is 18.6. The van der Waals surface area contributed by atoms with Gasteiger partial charge in [0.2, 0.25) is 0 Å². The number of rotatable bonds is 7. The van der Waals surface area contributed by atoms with E-state index in [-0.39, 0.29) is 18.5 Å². The molecule has 32 heavy (non-hydrogen) atoms. The van der Waals surface area contributed by atoms with E-state index in [4.69, 9.17) is 14.6 Å². The SMILES string of the molecule is COc1ccccc1C1=NN(C(=O)CN(C)c2ccccc2)[C@H](c2ccccc2OC)C1. The van der Waals surface area contributed by atoms with E-state index in [2.05, 4.69) is 0 Å². The normalized spacial score (nSPS) is 15.3. The van der Waals surface area contributed by atoms with E-state index in [1.54, 1.807) is 19.2 Å². The Bertz CT molecular complexity index is 1110. The highest BCUT2D eigenvalue weighted by atomic mass is 16.5. The number of amides is 1. The van der Waals surface area contributed by atoms with Crippen LogP contribution in [0.15, 0.2) is 84.0 Å². The molecule has 1 aliphatic rings. The van der Waals surface area contributed by atoms with Gasteiger partial charge in [-0.25, -0.2) is 5.01 Å². The van der Waals surface area contributed by atoms with E-state index < -0.39 is 0 Å². The average Bonchev–Trinajstić information content (AvgIpc) is 3.29. The number of carbonyl (C=O) groups excluding carboxylic acids is 1. The summed E-state index contributed by atoms with van der Waals surface area (Å²) >= 11 is 0. The Morgan fingerprint density at radius 2 is 1.56 bits per heavy atom. The molecule has 4 rings (SSSR count). The molecule has 0 saturated heterocycles. The highest BCUT2D eigenvalue weighted by Gasteiger charge is 2.35. The number of carbonyl (C=O) groups is 1. The van der Waals surface area contributed by atoms with Crippen LogP contribution in [0.3, 0.4) is 0 Å². The first kappa shape index (κ1) is 21.4. The summed E-state index contributed by atoms with van der Waals surface area (Å²) in [5, 5.41) is 6.38. The molecule has 6 heteroatoms. The van der Waals surface area contributed by atoms with E-state index in [1.165, 1.54) is 0 Å². The Kier molecular flexibility index (Phi) is 6.40. The van der Waals surface area contributed by atoms with Crippen molar-refractivity contribution in [1.82, 2.24) is 5.01 Å². The van der Waals surface area contributed by atoms with Gasteiger partial charge in [0, 0.05) is 30.3 Å². The van der Waals surface area contributed by atoms with Crippen molar-refractivity contribution in [2.24, 2.45) is 5.10 Å². The standard InChI is InChI=1S/C26H27N3O3/c1-28(19-11-5-4-6-12-19)18-26(30)29-23(21-14-8-10-16-25(21)32-3)17-22(27-29)20-13-7-9-15-24(20)31-2/h4-16,23H,17-18H2,1-3H3/t23-/m0/s1. The number of ether oxygens (including phenoxy) is 2. The Morgan fingerprint density at radius 1 is 0.938 bits per heavy atom. The van der Waals surface area contributed by atoms with Crippen molar-refractivity contribution in [1.29, 1.82) is 0 Å². The second kappa shape index (κ2) is 9.56. The first-order valence-electron chi connectivity index (χ1n) is 10.5. The second-order valence-electron chi connectivity index (χ2n) is 7.64. The van der Waals surface area contributed by atoms with Gasteiger partial charge in [-0.05, 0) is 30.3 Å². The maximum atomic E-state index is 13.4. The van der Waals surface area contributed by atoms with Crippen LogP contribution in [0.2, 0.25) is 0 Å². The molecule has 0 bridgehead atoms. The van der Waals surface area contributed by atoms with Gasteiger partial charge in [0.05, 0.1) is 32.5 Å². The molecule has 6 nitrogen and oxygen atoms in total. The fourth-order valence-corrected chi connectivity index (χ4v) is 4.02. The van der Waals surface area contributed by atoms with Crippen LogP contribution in [0.1, 0.15) is 23.6 Å². The fraction of sp³-hybridized carbons (Fsp3) is 0.231. The van der Waals surface area contributed by atoms with Gasteiger partial charge in [-0.1, -0.05) is 48.5 Å². The number of hydrazone groups is 1. The van der Waals surface area contributed by atoms with Crippen molar-refractivity contribution in [2.45, 2.75) is 12.5 Å². The number of likely N-dealkylation sites (N-methyl/N-ethyl adjacent to an activating group) is 1. The number of benzene rings is 3. The van der Waals surface area contributed by atoms with Gasteiger partial charge >= 0.3 is 0 Å². The van der Waals surface area contributed by atoms with Crippen molar-refractivity contribution in [3.8, 4) is 11.5 Å². The first-order valence-corrected chi connectivity index (χ1v) is 10.5. The summed E-state index contributed by atoms with van der Waals surface area (Å²) in [4.78, 5) is 15.4. The maximum absolute atomic E-state index is 13.4. The minimum atomic E-state index is -0.261. The Hall–Kier alpha value is -3.80. The number of methoxy groups -OCH3 is 2. The lowest BCUT2D eigenvalue weighted by atomic mass is 9.97. The molecular weight excluding hydrogens is 402 g/mol. The lowest BCUT2D eigenvalue weighted by Gasteiger charge is -2.26. The summed E-state index contributed by atoms with van der Waals surface area (Å²) in [5.41, 5.74) is 3.61. The monoisotopic (exact) mass is 429 g/mol. The second-order valence-corrected chi connectivity index (χ2v) is 7.64. The van der Waals surface area contributed by atoms with Crippen LogP contribution in [-0.2, 0) is 4.79 Å². The van der Waals surface area contributed by atoms with Crippen molar-refractivity contribution in [3.05, 3.63) is 90.0 Å². The third-order valence-electron chi connectivity index (χ3n) is 5.65. The molecule has 0 aromatic heterocycles. The summed E-state index contributed by atoms with van der Waals surface area (Å²) in [5.74, 6) is 1.39. The molecule has 1 amide bonds. The van der Waals surface area contributed by atoms with Gasteiger partial charge in [0.1, 0.15) is 11.5 Å². The molecule has 0 radical (unpaired) electrons. The van der Waals surface area contributed by atoms with Crippen molar-refractivity contribution < 1.29 is 14.3 Å². The molecule has 164 valence electrons. The first-order chi connectivity index (χ1) is 15.6. The number of hydrogen-bond acceptors (Lipinski definition) is 5. The largest absolute Gasteiger partial charge is 0.496 e. The average molecular weight is 430 g/mol. The van der Waals surface area contributed by atoms with E-state index in [0.29, 0.717) is 6.42 Å². The highest BCUT2D eigenvalue weighted by Crippen LogP contribution is 2.38.